The Morgan fingerprint density at radius 1 is 1.19 bits per heavy atom. The summed E-state index contributed by atoms with van der Waals surface area (Å²) in [6.07, 6.45) is 10.4. The summed E-state index contributed by atoms with van der Waals surface area (Å²) in [5.41, 5.74) is 0.249. The highest BCUT2D eigenvalue weighted by atomic mass is 16.5. The topological polar surface area (TPSA) is 29.5 Å². The van der Waals surface area contributed by atoms with E-state index in [1.54, 1.807) is 0 Å². The third-order valence-electron chi connectivity index (χ3n) is 4.31. The zero-order valence-electron chi connectivity index (χ0n) is 10.8. The third kappa shape index (κ3) is 2.78. The van der Waals surface area contributed by atoms with Gasteiger partial charge in [-0.3, -0.25) is 0 Å². The van der Waals surface area contributed by atoms with E-state index in [0.29, 0.717) is 6.10 Å². The van der Waals surface area contributed by atoms with Crippen molar-refractivity contribution < 1.29 is 9.84 Å². The molecule has 2 fully saturated rings. The lowest BCUT2D eigenvalue weighted by Crippen LogP contribution is -2.33. The van der Waals surface area contributed by atoms with Gasteiger partial charge in [0.05, 0.1) is 11.7 Å². The summed E-state index contributed by atoms with van der Waals surface area (Å²) in [5, 5.41) is 9.30. The fourth-order valence-electron chi connectivity index (χ4n) is 3.28. The zero-order chi connectivity index (χ0) is 11.6. The molecule has 0 aromatic heterocycles. The highest BCUT2D eigenvalue weighted by Gasteiger charge is 2.41. The van der Waals surface area contributed by atoms with E-state index in [-0.39, 0.29) is 17.6 Å². The van der Waals surface area contributed by atoms with Gasteiger partial charge in [-0.25, -0.2) is 0 Å². The first-order valence-corrected chi connectivity index (χ1v) is 6.84. The number of rotatable bonds is 3. The molecule has 0 aromatic rings. The molecule has 1 atom stereocenters. The Hall–Kier alpha value is -0.0800. The van der Waals surface area contributed by atoms with E-state index in [1.807, 2.05) is 0 Å². The Morgan fingerprint density at radius 2 is 1.88 bits per heavy atom. The smallest absolute Gasteiger partial charge is 0.0687 e. The SMILES string of the molecule is CC(C)(CO)CC1CCC2(CCCCC2)O1. The Morgan fingerprint density at radius 3 is 2.50 bits per heavy atom. The molecule has 0 bridgehead atoms. The lowest BCUT2D eigenvalue weighted by molar-refractivity contribution is -0.0779. The van der Waals surface area contributed by atoms with Crippen molar-refractivity contribution in [1.82, 2.24) is 0 Å². The van der Waals surface area contributed by atoms with Gasteiger partial charge in [-0.15, -0.1) is 0 Å². The fraction of sp³-hybridized carbons (Fsp3) is 1.00. The highest BCUT2D eigenvalue weighted by molar-refractivity contribution is 4.92. The molecular formula is C14H26O2. The summed E-state index contributed by atoms with van der Waals surface area (Å²) in [7, 11) is 0. The maximum absolute atomic E-state index is 9.30. The van der Waals surface area contributed by atoms with Gasteiger partial charge in [0, 0.05) is 6.61 Å². The van der Waals surface area contributed by atoms with E-state index in [1.165, 1.54) is 44.9 Å². The van der Waals surface area contributed by atoms with Crippen LogP contribution in [0.4, 0.5) is 0 Å². The quantitative estimate of drug-likeness (QED) is 0.800. The van der Waals surface area contributed by atoms with Crippen molar-refractivity contribution in [3.63, 3.8) is 0 Å². The van der Waals surface area contributed by atoms with Crippen LogP contribution in [0.3, 0.4) is 0 Å². The molecule has 1 unspecified atom stereocenters. The van der Waals surface area contributed by atoms with Gasteiger partial charge in [0.2, 0.25) is 0 Å². The van der Waals surface area contributed by atoms with Gasteiger partial charge in [-0.05, 0) is 37.5 Å². The average molecular weight is 226 g/mol. The molecular weight excluding hydrogens is 200 g/mol. The second-order valence-corrected chi connectivity index (χ2v) is 6.55. The van der Waals surface area contributed by atoms with Gasteiger partial charge >= 0.3 is 0 Å². The first kappa shape index (κ1) is 12.4. The molecule has 2 nitrogen and oxygen atoms in total. The van der Waals surface area contributed by atoms with Gasteiger partial charge in [-0.2, -0.15) is 0 Å². The van der Waals surface area contributed by atoms with E-state index >= 15 is 0 Å². The number of hydrogen-bond acceptors (Lipinski definition) is 2. The Balaban J connectivity index is 1.87. The second-order valence-electron chi connectivity index (χ2n) is 6.55. The number of aliphatic hydroxyl groups excluding tert-OH is 1. The van der Waals surface area contributed by atoms with E-state index < -0.39 is 0 Å². The van der Waals surface area contributed by atoms with Crippen LogP contribution >= 0.6 is 0 Å². The minimum Gasteiger partial charge on any atom is -0.396 e. The summed E-state index contributed by atoms with van der Waals surface area (Å²) >= 11 is 0. The second kappa shape index (κ2) is 4.66. The van der Waals surface area contributed by atoms with Crippen molar-refractivity contribution in [2.75, 3.05) is 6.61 Å². The molecule has 0 radical (unpaired) electrons. The van der Waals surface area contributed by atoms with E-state index in [0.717, 1.165) is 6.42 Å². The van der Waals surface area contributed by atoms with Crippen molar-refractivity contribution in [3.8, 4) is 0 Å². The van der Waals surface area contributed by atoms with Gasteiger partial charge in [0.15, 0.2) is 0 Å². The molecule has 1 saturated carbocycles. The maximum atomic E-state index is 9.30. The Labute approximate surface area is 99.4 Å². The molecule has 1 N–H and O–H groups in total. The molecule has 1 aliphatic heterocycles. The van der Waals surface area contributed by atoms with Gasteiger partial charge < -0.3 is 9.84 Å². The molecule has 0 aromatic carbocycles. The first-order valence-electron chi connectivity index (χ1n) is 6.84. The average Bonchev–Trinajstić information content (AvgIpc) is 2.62. The lowest BCUT2D eigenvalue weighted by atomic mass is 9.82. The van der Waals surface area contributed by atoms with Gasteiger partial charge in [0.25, 0.3) is 0 Å². The Bertz CT molecular complexity index is 229. The van der Waals surface area contributed by atoms with E-state index in [9.17, 15) is 5.11 Å². The highest BCUT2D eigenvalue weighted by Crippen LogP contribution is 2.44. The first-order chi connectivity index (χ1) is 7.55. The lowest BCUT2D eigenvalue weighted by Gasteiger charge is -2.34. The van der Waals surface area contributed by atoms with Crippen LogP contribution < -0.4 is 0 Å². The predicted molar refractivity (Wildman–Crippen MR) is 65.4 cm³/mol. The van der Waals surface area contributed by atoms with Crippen LogP contribution in [0.2, 0.25) is 0 Å². The molecule has 0 amide bonds. The van der Waals surface area contributed by atoms with Crippen molar-refractivity contribution in [2.45, 2.75) is 76.9 Å². The number of ether oxygens (including phenoxy) is 1. The molecule has 1 spiro atoms. The minimum absolute atomic E-state index is 0.0187. The van der Waals surface area contributed by atoms with Crippen molar-refractivity contribution >= 4 is 0 Å². The molecule has 2 rings (SSSR count). The summed E-state index contributed by atoms with van der Waals surface area (Å²) < 4.78 is 6.32. The molecule has 1 heterocycles. The molecule has 1 aliphatic carbocycles. The maximum Gasteiger partial charge on any atom is 0.0687 e. The number of hydrogen-bond donors (Lipinski definition) is 1. The summed E-state index contributed by atoms with van der Waals surface area (Å²) in [6, 6.07) is 0. The fourth-order valence-corrected chi connectivity index (χ4v) is 3.28. The predicted octanol–water partition coefficient (Wildman–Crippen LogP) is 3.28. The molecule has 1 saturated heterocycles. The molecule has 2 aliphatic rings. The van der Waals surface area contributed by atoms with Crippen molar-refractivity contribution in [1.29, 1.82) is 0 Å². The summed E-state index contributed by atoms with van der Waals surface area (Å²) in [5.74, 6) is 0. The standard InChI is InChI=1S/C14H26O2/c1-13(2,11-15)10-12-6-9-14(16-12)7-4-3-5-8-14/h12,15H,3-11H2,1-2H3. The summed E-state index contributed by atoms with van der Waals surface area (Å²) in [4.78, 5) is 0. The summed E-state index contributed by atoms with van der Waals surface area (Å²) in [6.45, 7) is 4.52. The normalized spacial score (nSPS) is 29.8. The van der Waals surface area contributed by atoms with Crippen LogP contribution in [-0.2, 0) is 4.74 Å². The Kier molecular flexibility index (Phi) is 3.60. The molecule has 94 valence electrons. The third-order valence-corrected chi connectivity index (χ3v) is 4.31. The minimum atomic E-state index is 0.0187. The zero-order valence-corrected chi connectivity index (χ0v) is 10.8. The van der Waals surface area contributed by atoms with Crippen LogP contribution in [0.25, 0.3) is 0 Å². The van der Waals surface area contributed by atoms with Crippen molar-refractivity contribution in [3.05, 3.63) is 0 Å². The van der Waals surface area contributed by atoms with Crippen LogP contribution in [-0.4, -0.2) is 23.4 Å². The van der Waals surface area contributed by atoms with E-state index in [2.05, 4.69) is 13.8 Å². The van der Waals surface area contributed by atoms with Crippen LogP contribution in [0, 0.1) is 5.41 Å². The van der Waals surface area contributed by atoms with Gasteiger partial charge in [0.1, 0.15) is 0 Å². The largest absolute Gasteiger partial charge is 0.396 e. The van der Waals surface area contributed by atoms with Crippen LogP contribution in [0.5, 0.6) is 0 Å². The van der Waals surface area contributed by atoms with E-state index in [4.69, 9.17) is 4.74 Å². The molecule has 16 heavy (non-hydrogen) atoms. The van der Waals surface area contributed by atoms with Crippen molar-refractivity contribution in [2.24, 2.45) is 5.41 Å². The monoisotopic (exact) mass is 226 g/mol. The van der Waals surface area contributed by atoms with Crippen LogP contribution in [0.15, 0.2) is 0 Å². The molecule has 2 heteroatoms. The number of aliphatic hydroxyl groups is 1. The van der Waals surface area contributed by atoms with Crippen LogP contribution in [0.1, 0.15) is 65.2 Å². The van der Waals surface area contributed by atoms with Gasteiger partial charge in [-0.1, -0.05) is 33.1 Å².